The maximum Gasteiger partial charge on any atom is 0.264 e. The summed E-state index contributed by atoms with van der Waals surface area (Å²) in [6.07, 6.45) is 0.183. The van der Waals surface area contributed by atoms with Crippen molar-refractivity contribution in [2.24, 2.45) is 0 Å². The third-order valence-corrected chi connectivity index (χ3v) is 9.49. The number of aryl methyl sites for hydroxylation is 1. The predicted molar refractivity (Wildman–Crippen MR) is 186 cm³/mol. The number of halogens is 3. The molecular weight excluding hydrogens is 665 g/mol. The van der Waals surface area contributed by atoms with Crippen LogP contribution in [0.4, 0.5) is 5.69 Å². The molecule has 0 fully saturated rings. The van der Waals surface area contributed by atoms with Gasteiger partial charge in [0.2, 0.25) is 11.8 Å². The second kappa shape index (κ2) is 14.9. The van der Waals surface area contributed by atoms with Gasteiger partial charge < -0.3 is 10.2 Å². The van der Waals surface area contributed by atoms with Crippen LogP contribution in [0.15, 0.2) is 102 Å². The summed E-state index contributed by atoms with van der Waals surface area (Å²) >= 11 is 18.9. The first-order valence-electron chi connectivity index (χ1n) is 14.6. The van der Waals surface area contributed by atoms with Crippen LogP contribution in [0.25, 0.3) is 0 Å². The Labute approximate surface area is 286 Å². The van der Waals surface area contributed by atoms with Gasteiger partial charge in [-0.1, -0.05) is 95.0 Å². The molecule has 1 unspecified atom stereocenters. The van der Waals surface area contributed by atoms with Crippen LogP contribution in [0, 0.1) is 6.92 Å². The molecule has 0 aliphatic heterocycles. The molecular formula is C35H36Cl3N3O4S. The Morgan fingerprint density at radius 2 is 1.39 bits per heavy atom. The van der Waals surface area contributed by atoms with Gasteiger partial charge in [-0.2, -0.15) is 0 Å². The number of nitrogens with zero attached hydrogens (tertiary/aromatic N) is 2. The topological polar surface area (TPSA) is 86.8 Å². The Morgan fingerprint density at radius 3 is 1.98 bits per heavy atom. The Hall–Kier alpha value is -3.56. The molecule has 46 heavy (non-hydrogen) atoms. The monoisotopic (exact) mass is 699 g/mol. The van der Waals surface area contributed by atoms with E-state index in [2.05, 4.69) is 5.32 Å². The molecule has 0 aliphatic rings. The summed E-state index contributed by atoms with van der Waals surface area (Å²) < 4.78 is 29.3. The predicted octanol–water partition coefficient (Wildman–Crippen LogP) is 7.71. The zero-order valence-corrected chi connectivity index (χ0v) is 29.1. The van der Waals surface area contributed by atoms with Crippen molar-refractivity contribution in [3.05, 3.63) is 129 Å². The van der Waals surface area contributed by atoms with Gasteiger partial charge in [-0.15, -0.1) is 0 Å². The summed E-state index contributed by atoms with van der Waals surface area (Å²) in [5, 5.41) is 3.86. The van der Waals surface area contributed by atoms with Crippen LogP contribution in [0.2, 0.25) is 15.1 Å². The van der Waals surface area contributed by atoms with E-state index in [1.807, 2.05) is 58.0 Å². The molecule has 4 aromatic rings. The fraction of sp³-hybridized carbons (Fsp3) is 0.257. The van der Waals surface area contributed by atoms with E-state index in [1.165, 1.54) is 35.2 Å². The molecule has 0 bridgehead atoms. The van der Waals surface area contributed by atoms with Gasteiger partial charge in [-0.05, 0) is 81.3 Å². The minimum absolute atomic E-state index is 0.0107. The van der Waals surface area contributed by atoms with Crippen LogP contribution in [-0.2, 0) is 32.6 Å². The lowest BCUT2D eigenvalue weighted by atomic mass is 10.0. The van der Waals surface area contributed by atoms with Gasteiger partial charge in [0.15, 0.2) is 0 Å². The number of anilines is 1. The first-order chi connectivity index (χ1) is 21.6. The summed E-state index contributed by atoms with van der Waals surface area (Å²) in [6.45, 7) is 6.76. The van der Waals surface area contributed by atoms with Gasteiger partial charge in [0.05, 0.1) is 10.6 Å². The number of hydrogen-bond acceptors (Lipinski definition) is 4. The van der Waals surface area contributed by atoms with E-state index in [1.54, 1.807) is 36.4 Å². The summed E-state index contributed by atoms with van der Waals surface area (Å²) in [5.74, 6) is -0.998. The van der Waals surface area contributed by atoms with Gasteiger partial charge in [-0.3, -0.25) is 13.9 Å². The first-order valence-corrected chi connectivity index (χ1v) is 17.2. The van der Waals surface area contributed by atoms with Crippen molar-refractivity contribution in [2.45, 2.75) is 57.1 Å². The smallest absolute Gasteiger partial charge is 0.264 e. The number of sulfonamides is 1. The highest BCUT2D eigenvalue weighted by Gasteiger charge is 2.35. The molecule has 4 aromatic carbocycles. The minimum atomic E-state index is -4.30. The molecule has 0 radical (unpaired) electrons. The van der Waals surface area contributed by atoms with Crippen molar-refractivity contribution in [1.82, 2.24) is 10.2 Å². The summed E-state index contributed by atoms with van der Waals surface area (Å²) in [7, 11) is -4.30. The highest BCUT2D eigenvalue weighted by molar-refractivity contribution is 7.92. The van der Waals surface area contributed by atoms with Gasteiger partial charge >= 0.3 is 0 Å². The van der Waals surface area contributed by atoms with Crippen LogP contribution in [0.1, 0.15) is 37.5 Å². The minimum Gasteiger partial charge on any atom is -0.350 e. The van der Waals surface area contributed by atoms with E-state index in [4.69, 9.17) is 34.8 Å². The zero-order chi connectivity index (χ0) is 33.6. The van der Waals surface area contributed by atoms with Gasteiger partial charge in [0.25, 0.3) is 10.0 Å². The third kappa shape index (κ3) is 9.48. The number of amides is 2. The Balaban J connectivity index is 1.84. The molecule has 0 aliphatic carbocycles. The molecule has 4 rings (SSSR count). The van der Waals surface area contributed by atoms with E-state index < -0.39 is 34.1 Å². The van der Waals surface area contributed by atoms with Crippen molar-refractivity contribution in [3.63, 3.8) is 0 Å². The highest BCUT2D eigenvalue weighted by Crippen LogP contribution is 2.30. The average molecular weight is 701 g/mol. The standard InChI is InChI=1S/C35H36Cl3N3O4S/c1-24-13-15-31(16-14-24)46(44,45)41(30-20-28(37)19-29(38)21-30)23-33(42)40(22-26-11-8-12-27(36)17-26)32(34(43)39-35(2,3)4)18-25-9-6-5-7-10-25/h5-17,19-21,32H,18,22-23H2,1-4H3,(H,39,43). The largest absolute Gasteiger partial charge is 0.350 e. The van der Waals surface area contributed by atoms with E-state index >= 15 is 0 Å². The first kappa shape index (κ1) is 35.3. The number of nitrogens with one attached hydrogen (secondary N) is 1. The second-order valence-corrected chi connectivity index (χ2v) is 15.2. The van der Waals surface area contributed by atoms with Crippen LogP contribution < -0.4 is 9.62 Å². The zero-order valence-electron chi connectivity index (χ0n) is 26.0. The van der Waals surface area contributed by atoms with Gasteiger partial charge in [0.1, 0.15) is 12.6 Å². The number of carbonyl (C=O) groups excluding carboxylic acids is 2. The summed E-state index contributed by atoms with van der Waals surface area (Å²) in [6, 6.07) is 26.0. The molecule has 0 saturated carbocycles. The number of carbonyl (C=O) groups is 2. The van der Waals surface area contributed by atoms with Crippen molar-refractivity contribution in [2.75, 3.05) is 10.8 Å². The van der Waals surface area contributed by atoms with Crippen LogP contribution >= 0.6 is 34.8 Å². The molecule has 2 amide bonds. The van der Waals surface area contributed by atoms with E-state index in [9.17, 15) is 18.0 Å². The van der Waals surface area contributed by atoms with Crippen LogP contribution in [-0.4, -0.2) is 43.3 Å². The summed E-state index contributed by atoms with van der Waals surface area (Å²) in [5.41, 5.74) is 1.86. The molecule has 242 valence electrons. The average Bonchev–Trinajstić information content (AvgIpc) is 2.97. The van der Waals surface area contributed by atoms with E-state index in [0.717, 1.165) is 15.4 Å². The lowest BCUT2D eigenvalue weighted by Crippen LogP contribution is -2.56. The molecule has 0 aromatic heterocycles. The SMILES string of the molecule is Cc1ccc(S(=O)(=O)N(CC(=O)N(Cc2cccc(Cl)c2)C(Cc2ccccc2)C(=O)NC(C)(C)C)c2cc(Cl)cc(Cl)c2)cc1. The fourth-order valence-corrected chi connectivity index (χ4v) is 7.01. The maximum absolute atomic E-state index is 14.6. The number of benzene rings is 4. The molecule has 0 spiro atoms. The highest BCUT2D eigenvalue weighted by atomic mass is 35.5. The quantitative estimate of drug-likeness (QED) is 0.174. The van der Waals surface area contributed by atoms with Crippen LogP contribution in [0.3, 0.4) is 0 Å². The lowest BCUT2D eigenvalue weighted by Gasteiger charge is -2.35. The van der Waals surface area contributed by atoms with Crippen molar-refractivity contribution in [1.29, 1.82) is 0 Å². The molecule has 0 saturated heterocycles. The van der Waals surface area contributed by atoms with Crippen molar-refractivity contribution >= 4 is 62.3 Å². The molecule has 0 heterocycles. The molecule has 1 N–H and O–H groups in total. The molecule has 7 nitrogen and oxygen atoms in total. The molecule has 11 heteroatoms. The molecule has 1 atom stereocenters. The second-order valence-electron chi connectivity index (χ2n) is 12.0. The Bertz CT molecular complexity index is 1770. The van der Waals surface area contributed by atoms with Gasteiger partial charge in [0, 0.05) is 33.6 Å². The lowest BCUT2D eigenvalue weighted by molar-refractivity contribution is -0.140. The van der Waals surface area contributed by atoms with Gasteiger partial charge in [-0.25, -0.2) is 8.42 Å². The van der Waals surface area contributed by atoms with E-state index in [0.29, 0.717) is 10.6 Å². The van der Waals surface area contributed by atoms with Crippen LogP contribution in [0.5, 0.6) is 0 Å². The maximum atomic E-state index is 14.6. The van der Waals surface area contributed by atoms with Crippen molar-refractivity contribution in [3.8, 4) is 0 Å². The Kier molecular flexibility index (Phi) is 11.4. The fourth-order valence-electron chi connectivity index (χ4n) is 4.89. The van der Waals surface area contributed by atoms with E-state index in [-0.39, 0.29) is 39.5 Å². The number of rotatable bonds is 11. The summed E-state index contributed by atoms with van der Waals surface area (Å²) in [4.78, 5) is 29.9. The third-order valence-electron chi connectivity index (χ3n) is 7.03. The Morgan fingerprint density at radius 1 is 0.783 bits per heavy atom. The number of hydrogen-bond donors (Lipinski definition) is 1. The normalized spacial score (nSPS) is 12.3. The van der Waals surface area contributed by atoms with Crippen molar-refractivity contribution < 1.29 is 18.0 Å².